The summed E-state index contributed by atoms with van der Waals surface area (Å²) in [5, 5.41) is 0. The van der Waals surface area contributed by atoms with Crippen molar-refractivity contribution in [2.75, 3.05) is 0 Å². The summed E-state index contributed by atoms with van der Waals surface area (Å²) in [5.41, 5.74) is 11.2. The summed E-state index contributed by atoms with van der Waals surface area (Å²) >= 11 is 0. The van der Waals surface area contributed by atoms with Gasteiger partial charge in [-0.15, -0.1) is 4.91 Å². The van der Waals surface area contributed by atoms with Gasteiger partial charge >= 0.3 is 41.2 Å². The molecule has 14 N–H and O–H groups in total. The van der Waals surface area contributed by atoms with Crippen LogP contribution in [0.1, 0.15) is 10.4 Å². The monoisotopic (exact) mass is 583 g/mol. The predicted octanol–water partition coefficient (Wildman–Crippen LogP) is 4.28. The average Bonchev–Trinajstić information content (AvgIpc) is 2.36. The molecule has 2 radical (unpaired) electrons. The number of pyridine rings is 1. The minimum absolute atomic E-state index is 0. The van der Waals surface area contributed by atoms with Gasteiger partial charge in [0.25, 0.3) is 0 Å². The molecule has 0 fully saturated rings. The van der Waals surface area contributed by atoms with E-state index in [1.165, 1.54) is 12.4 Å². The van der Waals surface area contributed by atoms with Gasteiger partial charge in [-0.3, -0.25) is 9.78 Å². The number of carbonyl (C=O) groups excluding carboxylic acids is 1. The van der Waals surface area contributed by atoms with E-state index in [0.29, 0.717) is 5.56 Å². The molecular weight excluding hydrogens is 564 g/mol. The molecule has 1 aromatic heterocycles. The summed E-state index contributed by atoms with van der Waals surface area (Å²) in [5.74, 6) is -0.419. The number of halogens is 12. The fraction of sp³-hybridized carbons (Fsp3) is 0. The van der Waals surface area contributed by atoms with Crippen LogP contribution in [0.5, 0.6) is 0 Å². The quantitative estimate of drug-likeness (QED) is 0.238. The van der Waals surface area contributed by atoms with Crippen molar-refractivity contribution in [3.63, 3.8) is 0 Å². The number of primary amides is 1. The Hall–Kier alpha value is -1.96. The van der Waals surface area contributed by atoms with Crippen LogP contribution in [0.25, 0.3) is 0 Å². The molecule has 0 spiro atoms. The molecule has 0 saturated carbocycles. The second-order valence-electron chi connectivity index (χ2n) is 3.08. The molecule has 0 aliphatic carbocycles. The molecule has 0 bridgehead atoms. The molecule has 0 saturated heterocycles. The first-order chi connectivity index (χ1) is 11.3. The van der Waals surface area contributed by atoms with Crippen LogP contribution in [0.2, 0.25) is 0 Å². The van der Waals surface area contributed by atoms with Gasteiger partial charge in [0.15, 0.2) is 0 Å². The Morgan fingerprint density at radius 2 is 0.839 bits per heavy atom. The van der Waals surface area contributed by atoms with Crippen molar-refractivity contribution in [2.24, 2.45) is 5.73 Å². The summed E-state index contributed by atoms with van der Waals surface area (Å²) in [4.78, 5) is 21.4. The van der Waals surface area contributed by atoms with Gasteiger partial charge in [0.05, 0.1) is 0 Å². The van der Waals surface area contributed by atoms with E-state index in [-0.39, 0.29) is 44.1 Å². The zero-order valence-electron chi connectivity index (χ0n) is 15.0. The third kappa shape index (κ3) is 189. The molecular formula is C6H18B3F12N7O2Ru. The number of nitrogens with zero attached hydrogens (tertiary/aromatic N) is 2. The Morgan fingerprint density at radius 3 is 0.935 bits per heavy atom. The van der Waals surface area contributed by atoms with Crippen molar-refractivity contribution < 1.29 is 76.1 Å². The van der Waals surface area contributed by atoms with Gasteiger partial charge in [-0.05, 0) is 12.1 Å². The Balaban J connectivity index is -0.0000000284. The van der Waals surface area contributed by atoms with E-state index in [4.69, 9.17) is 16.2 Å². The van der Waals surface area contributed by atoms with E-state index in [1.54, 1.807) is 12.1 Å². The standard InChI is InChI=1S/C6H6N2O.3BF4.NO.4H3N.Ru/c7-6(9)5-1-3-8-4-2-5;3*2-1(3,4)5;1-2;;;;;/h1-4H,(H2,7,9);;;;;4*1H3;/q;3*-1;;;;;;+3. The first-order valence-electron chi connectivity index (χ1n) is 5.30. The van der Waals surface area contributed by atoms with Crippen LogP contribution in [0.15, 0.2) is 24.5 Å². The molecule has 25 heteroatoms. The van der Waals surface area contributed by atoms with Crippen LogP contribution < -0.4 is 35.9 Å². The number of carbonyl (C=O) groups is 1. The van der Waals surface area contributed by atoms with Gasteiger partial charge in [-0.25, -0.2) is 0 Å². The normalized spacial score (nSPS) is 8.52. The predicted molar refractivity (Wildman–Crippen MR) is 88.9 cm³/mol. The van der Waals surface area contributed by atoms with Crippen LogP contribution in [-0.2, 0) is 19.5 Å². The van der Waals surface area contributed by atoms with E-state index in [9.17, 15) is 56.6 Å². The van der Waals surface area contributed by atoms with E-state index >= 15 is 0 Å². The molecule has 0 unspecified atom stereocenters. The third-order valence-electron chi connectivity index (χ3n) is 0.965. The molecule has 0 aliphatic rings. The number of aromatic nitrogens is 1. The molecule has 1 amide bonds. The molecule has 0 aliphatic heterocycles. The minimum atomic E-state index is -6.00. The van der Waals surface area contributed by atoms with E-state index < -0.39 is 27.7 Å². The molecule has 9 nitrogen and oxygen atoms in total. The number of hydrogen-bond acceptors (Lipinski definition) is 7. The van der Waals surface area contributed by atoms with E-state index in [0.717, 1.165) is 0 Å². The van der Waals surface area contributed by atoms with Crippen LogP contribution in [0, 0.1) is 4.91 Å². The van der Waals surface area contributed by atoms with Crippen LogP contribution in [0.3, 0.4) is 0 Å². The second-order valence-corrected chi connectivity index (χ2v) is 3.08. The summed E-state index contributed by atoms with van der Waals surface area (Å²) in [7, 11) is -18.0. The van der Waals surface area contributed by atoms with Gasteiger partial charge in [0, 0.05) is 18.0 Å². The topological polar surface area (TPSA) is 235 Å². The molecule has 1 aromatic rings. The minimum Gasteiger partial charge on any atom is -0.418 e. The molecule has 1 rings (SSSR count). The van der Waals surface area contributed by atoms with Gasteiger partial charge < -0.3 is 82.1 Å². The first kappa shape index (κ1) is 56.9. The summed E-state index contributed by atoms with van der Waals surface area (Å²) in [6.07, 6.45) is 3.06. The average molecular weight is 582 g/mol. The second kappa shape index (κ2) is 28.0. The Bertz CT molecular complexity index is 438. The Kier molecular flexibility index (Phi) is 51.4. The number of amides is 1. The smallest absolute Gasteiger partial charge is 0.418 e. The van der Waals surface area contributed by atoms with Crippen LogP contribution in [-0.4, -0.2) is 32.7 Å². The van der Waals surface area contributed by atoms with Crippen molar-refractivity contribution in [1.82, 2.24) is 35.2 Å². The van der Waals surface area contributed by atoms with Crippen molar-refractivity contribution in [1.29, 1.82) is 0 Å². The van der Waals surface area contributed by atoms with E-state index in [2.05, 4.69) is 4.98 Å². The third-order valence-corrected chi connectivity index (χ3v) is 0.965. The summed E-state index contributed by atoms with van der Waals surface area (Å²) in [6, 6.07) is 3.14. The fourth-order valence-electron chi connectivity index (χ4n) is 0.516. The van der Waals surface area contributed by atoms with Crippen LogP contribution >= 0.6 is 0 Å². The summed E-state index contributed by atoms with van der Waals surface area (Å²) < 4.78 is 117. The van der Waals surface area contributed by atoms with Crippen LogP contribution in [0.4, 0.5) is 51.8 Å². The number of hydrogen-bond donors (Lipinski definition) is 5. The molecule has 0 atom stereocenters. The molecule has 1 heterocycles. The van der Waals surface area contributed by atoms with Crippen molar-refractivity contribution in [3.8, 4) is 0 Å². The summed E-state index contributed by atoms with van der Waals surface area (Å²) in [6.45, 7) is 0. The van der Waals surface area contributed by atoms with Gasteiger partial charge in [0.2, 0.25) is 5.91 Å². The maximum atomic E-state index is 10.4. The largest absolute Gasteiger partial charge is 3.00 e. The Morgan fingerprint density at radius 1 is 0.677 bits per heavy atom. The maximum absolute atomic E-state index is 10.4. The molecule has 190 valence electrons. The fourth-order valence-corrected chi connectivity index (χ4v) is 0.516. The maximum Gasteiger partial charge on any atom is 3.00 e. The zero-order chi connectivity index (χ0) is 22.2. The van der Waals surface area contributed by atoms with Crippen molar-refractivity contribution >= 4 is 27.7 Å². The molecule has 0 aromatic carbocycles. The SMILES string of the molecule is F[B-](F)(F)F.F[B-](F)(F)F.F[B-](F)(F)F.N.N.N.N.NC(=O)c1ccncc1.[N]=O.[Ru+3]. The van der Waals surface area contributed by atoms with Gasteiger partial charge in [-0.1, -0.05) is 0 Å². The number of rotatable bonds is 1. The van der Waals surface area contributed by atoms with Gasteiger partial charge in [-0.2, -0.15) is 0 Å². The van der Waals surface area contributed by atoms with Crippen molar-refractivity contribution in [3.05, 3.63) is 35.0 Å². The number of nitrogens with two attached hydrogens (primary N) is 1. The zero-order valence-corrected chi connectivity index (χ0v) is 16.8. The Labute approximate surface area is 180 Å². The molecule has 31 heavy (non-hydrogen) atoms. The number of nitroso groups, excluding NO2 is 1. The van der Waals surface area contributed by atoms with Gasteiger partial charge in [0.1, 0.15) is 5.59 Å². The first-order valence-corrected chi connectivity index (χ1v) is 5.30. The van der Waals surface area contributed by atoms with Crippen molar-refractivity contribution in [2.45, 2.75) is 0 Å². The van der Waals surface area contributed by atoms with E-state index in [1.807, 2.05) is 0 Å².